The lowest BCUT2D eigenvalue weighted by Crippen LogP contribution is -2.29. The molecule has 1 amide bonds. The largest absolute Gasteiger partial charge is 0.507 e. The van der Waals surface area contributed by atoms with Crippen LogP contribution in [0.4, 0.5) is 4.39 Å². The minimum atomic E-state index is -1.00. The molecule has 1 aliphatic heterocycles. The van der Waals surface area contributed by atoms with Crippen molar-refractivity contribution >= 4 is 5.91 Å². The van der Waals surface area contributed by atoms with Crippen LogP contribution in [0.3, 0.4) is 0 Å². The van der Waals surface area contributed by atoms with Gasteiger partial charge in [0.15, 0.2) is 0 Å². The second kappa shape index (κ2) is 4.31. The zero-order chi connectivity index (χ0) is 12.6. The monoisotopic (exact) mass is 241 g/mol. The van der Waals surface area contributed by atoms with Crippen molar-refractivity contribution in [1.29, 1.82) is 0 Å². The Hall–Kier alpha value is -1.66. The Morgan fingerprint density at radius 3 is 2.47 bits per heavy atom. The van der Waals surface area contributed by atoms with Crippen LogP contribution in [-0.2, 0) is 0 Å². The Balaban J connectivity index is 2.23. The molecule has 1 aromatic rings. The fraction of sp³-hybridized carbons (Fsp3) is 0.364. The molecule has 6 heteroatoms. The molecule has 0 radical (unpaired) electrons. The number of benzene rings is 1. The van der Waals surface area contributed by atoms with Gasteiger partial charge in [-0.25, -0.2) is 4.39 Å². The van der Waals surface area contributed by atoms with E-state index in [4.69, 9.17) is 0 Å². The van der Waals surface area contributed by atoms with Gasteiger partial charge in [-0.15, -0.1) is 0 Å². The first-order valence-corrected chi connectivity index (χ1v) is 5.13. The van der Waals surface area contributed by atoms with Crippen LogP contribution in [0.25, 0.3) is 0 Å². The molecule has 2 atom stereocenters. The fourth-order valence-electron chi connectivity index (χ4n) is 1.79. The molecule has 1 aromatic carbocycles. The summed E-state index contributed by atoms with van der Waals surface area (Å²) in [6.45, 7) is -0.0636. The van der Waals surface area contributed by atoms with Gasteiger partial charge in [-0.05, 0) is 18.2 Å². The molecule has 0 aliphatic carbocycles. The summed E-state index contributed by atoms with van der Waals surface area (Å²) in [4.78, 5) is 13.1. The standard InChI is InChI=1S/C11H12FNO4/c12-6-1-2-8(14)7(3-6)11(17)13-4-9(15)10(16)5-13/h1-3,9-10,14-16H,4-5H2/t9-,10+. The van der Waals surface area contributed by atoms with Crippen molar-refractivity contribution in [1.82, 2.24) is 4.90 Å². The van der Waals surface area contributed by atoms with E-state index in [-0.39, 0.29) is 24.4 Å². The molecule has 2 rings (SSSR count). The highest BCUT2D eigenvalue weighted by atomic mass is 19.1. The molecule has 1 saturated heterocycles. The number of rotatable bonds is 1. The van der Waals surface area contributed by atoms with E-state index in [2.05, 4.69) is 0 Å². The van der Waals surface area contributed by atoms with E-state index in [1.165, 1.54) is 4.90 Å². The number of carbonyl (C=O) groups is 1. The number of phenolic OH excluding ortho intramolecular Hbond substituents is 1. The Bertz CT molecular complexity index is 441. The van der Waals surface area contributed by atoms with E-state index in [1.54, 1.807) is 0 Å². The van der Waals surface area contributed by atoms with Crippen molar-refractivity contribution in [2.45, 2.75) is 12.2 Å². The lowest BCUT2D eigenvalue weighted by atomic mass is 10.1. The van der Waals surface area contributed by atoms with E-state index in [1.807, 2.05) is 0 Å². The highest BCUT2D eigenvalue weighted by Gasteiger charge is 2.33. The number of aromatic hydroxyl groups is 1. The first-order chi connectivity index (χ1) is 7.99. The van der Waals surface area contributed by atoms with Gasteiger partial charge in [0, 0.05) is 13.1 Å². The Morgan fingerprint density at radius 2 is 1.88 bits per heavy atom. The van der Waals surface area contributed by atoms with Crippen LogP contribution in [0.1, 0.15) is 10.4 Å². The van der Waals surface area contributed by atoms with Crippen molar-refractivity contribution < 1.29 is 24.5 Å². The lowest BCUT2D eigenvalue weighted by Gasteiger charge is -2.16. The third-order valence-electron chi connectivity index (χ3n) is 2.74. The smallest absolute Gasteiger partial charge is 0.257 e. The maximum Gasteiger partial charge on any atom is 0.257 e. The molecule has 3 N–H and O–H groups in total. The van der Waals surface area contributed by atoms with Gasteiger partial charge in [0.1, 0.15) is 11.6 Å². The number of carbonyl (C=O) groups excluding carboxylic acids is 1. The summed E-state index contributed by atoms with van der Waals surface area (Å²) in [6, 6.07) is 3.06. The molecular weight excluding hydrogens is 229 g/mol. The van der Waals surface area contributed by atoms with Crippen LogP contribution < -0.4 is 0 Å². The summed E-state index contributed by atoms with van der Waals surface area (Å²) in [5.74, 6) is -1.57. The predicted molar refractivity (Wildman–Crippen MR) is 56.0 cm³/mol. The zero-order valence-electron chi connectivity index (χ0n) is 8.88. The van der Waals surface area contributed by atoms with Gasteiger partial charge in [0.25, 0.3) is 5.91 Å². The number of likely N-dealkylation sites (tertiary alicyclic amines) is 1. The van der Waals surface area contributed by atoms with Crippen LogP contribution in [0.2, 0.25) is 0 Å². The minimum absolute atomic E-state index is 0.0318. The van der Waals surface area contributed by atoms with E-state index in [9.17, 15) is 24.5 Å². The maximum absolute atomic E-state index is 13.0. The van der Waals surface area contributed by atoms with Gasteiger partial charge in [-0.3, -0.25) is 4.79 Å². The molecule has 0 unspecified atom stereocenters. The second-order valence-corrected chi connectivity index (χ2v) is 4.01. The third kappa shape index (κ3) is 2.22. The molecule has 1 heterocycles. The highest BCUT2D eigenvalue weighted by molar-refractivity contribution is 5.97. The lowest BCUT2D eigenvalue weighted by molar-refractivity contribution is 0.0572. The summed E-state index contributed by atoms with van der Waals surface area (Å²) in [5.41, 5.74) is -0.175. The predicted octanol–water partition coefficient (Wildman–Crippen LogP) is -0.291. The average Bonchev–Trinajstić information content (AvgIpc) is 2.62. The summed E-state index contributed by atoms with van der Waals surface area (Å²) in [5, 5.41) is 28.1. The van der Waals surface area contributed by atoms with Crippen LogP contribution in [0, 0.1) is 5.82 Å². The molecular formula is C11H12FNO4. The van der Waals surface area contributed by atoms with Gasteiger partial charge >= 0.3 is 0 Å². The summed E-state index contributed by atoms with van der Waals surface area (Å²) >= 11 is 0. The number of phenols is 1. The fourth-order valence-corrected chi connectivity index (χ4v) is 1.79. The van der Waals surface area contributed by atoms with Crippen LogP contribution in [-0.4, -0.2) is 51.4 Å². The van der Waals surface area contributed by atoms with E-state index < -0.39 is 23.9 Å². The average molecular weight is 241 g/mol. The zero-order valence-corrected chi connectivity index (χ0v) is 8.88. The minimum Gasteiger partial charge on any atom is -0.507 e. The molecule has 0 bridgehead atoms. The van der Waals surface area contributed by atoms with Crippen molar-refractivity contribution in [3.05, 3.63) is 29.6 Å². The summed E-state index contributed by atoms with van der Waals surface area (Å²) in [6.07, 6.45) is -2.01. The molecule has 17 heavy (non-hydrogen) atoms. The number of nitrogens with zero attached hydrogens (tertiary/aromatic N) is 1. The van der Waals surface area contributed by atoms with Gasteiger partial charge in [0.05, 0.1) is 17.8 Å². The topological polar surface area (TPSA) is 81.0 Å². The number of hydrogen-bond donors (Lipinski definition) is 3. The van der Waals surface area contributed by atoms with Gasteiger partial charge in [-0.2, -0.15) is 0 Å². The molecule has 0 saturated carbocycles. The third-order valence-corrected chi connectivity index (χ3v) is 2.74. The van der Waals surface area contributed by atoms with E-state index in [0.29, 0.717) is 0 Å². The first kappa shape index (κ1) is 11.8. The second-order valence-electron chi connectivity index (χ2n) is 4.01. The summed E-state index contributed by atoms with van der Waals surface area (Å²) < 4.78 is 13.0. The number of halogens is 1. The normalized spacial score (nSPS) is 24.1. The quantitative estimate of drug-likeness (QED) is 0.631. The number of aliphatic hydroxyl groups excluding tert-OH is 2. The maximum atomic E-state index is 13.0. The Labute approximate surface area is 96.7 Å². The molecule has 92 valence electrons. The highest BCUT2D eigenvalue weighted by Crippen LogP contribution is 2.22. The Morgan fingerprint density at radius 1 is 1.29 bits per heavy atom. The number of hydrogen-bond acceptors (Lipinski definition) is 4. The number of amides is 1. The SMILES string of the molecule is O=C(c1cc(F)ccc1O)N1C[C@@H](O)[C@@H](O)C1. The first-order valence-electron chi connectivity index (χ1n) is 5.13. The number of β-amino-alcohol motifs (C(OH)–C–C–N with tert-alkyl or cyclic N) is 2. The van der Waals surface area contributed by atoms with Crippen LogP contribution in [0.5, 0.6) is 5.75 Å². The van der Waals surface area contributed by atoms with Gasteiger partial charge in [0.2, 0.25) is 0 Å². The van der Waals surface area contributed by atoms with Crippen molar-refractivity contribution in [3.63, 3.8) is 0 Å². The molecule has 5 nitrogen and oxygen atoms in total. The molecule has 1 aliphatic rings. The van der Waals surface area contributed by atoms with Crippen molar-refractivity contribution in [2.24, 2.45) is 0 Å². The van der Waals surface area contributed by atoms with Crippen LogP contribution in [0.15, 0.2) is 18.2 Å². The Kier molecular flexibility index (Phi) is 2.99. The number of aliphatic hydroxyl groups is 2. The van der Waals surface area contributed by atoms with Gasteiger partial charge in [-0.1, -0.05) is 0 Å². The van der Waals surface area contributed by atoms with Crippen molar-refractivity contribution in [3.8, 4) is 5.75 Å². The van der Waals surface area contributed by atoms with E-state index >= 15 is 0 Å². The van der Waals surface area contributed by atoms with Crippen molar-refractivity contribution in [2.75, 3.05) is 13.1 Å². The molecule has 0 aromatic heterocycles. The van der Waals surface area contributed by atoms with E-state index in [0.717, 1.165) is 18.2 Å². The van der Waals surface area contributed by atoms with Gasteiger partial charge < -0.3 is 20.2 Å². The van der Waals surface area contributed by atoms with Crippen LogP contribution >= 0.6 is 0 Å². The molecule has 1 fully saturated rings. The summed E-state index contributed by atoms with van der Waals surface area (Å²) in [7, 11) is 0. The molecule has 0 spiro atoms.